The molecule has 0 spiro atoms. The molecule has 18 heavy (non-hydrogen) atoms. The van der Waals surface area contributed by atoms with E-state index in [-0.39, 0.29) is 5.69 Å². The molecule has 98 valence electrons. The van der Waals surface area contributed by atoms with Gasteiger partial charge in [0.2, 0.25) is 5.91 Å². The van der Waals surface area contributed by atoms with Crippen LogP contribution in [0.15, 0.2) is 18.2 Å². The lowest BCUT2D eigenvalue weighted by molar-refractivity contribution is -0.145. The number of halogens is 2. The summed E-state index contributed by atoms with van der Waals surface area (Å²) in [5.74, 6) is -5.04. The molecule has 0 aliphatic carbocycles. The summed E-state index contributed by atoms with van der Waals surface area (Å²) < 4.78 is 26.1. The van der Waals surface area contributed by atoms with Crippen LogP contribution < -0.4 is 5.32 Å². The topological polar surface area (TPSA) is 66.4 Å². The van der Waals surface area contributed by atoms with E-state index in [1.54, 1.807) is 0 Å². The molecular formula is C12H13F2NO3. The van der Waals surface area contributed by atoms with Gasteiger partial charge < -0.3 is 10.4 Å². The summed E-state index contributed by atoms with van der Waals surface area (Å²) in [6.07, 6.45) is 0. The normalized spacial score (nSPS) is 13.8. The van der Waals surface area contributed by atoms with Crippen molar-refractivity contribution < 1.29 is 23.5 Å². The Kier molecular flexibility index (Phi) is 4.36. The van der Waals surface area contributed by atoms with E-state index < -0.39 is 35.3 Å². The van der Waals surface area contributed by atoms with Crippen molar-refractivity contribution in [2.24, 2.45) is 11.8 Å². The van der Waals surface area contributed by atoms with Crippen molar-refractivity contribution >= 4 is 17.6 Å². The van der Waals surface area contributed by atoms with Gasteiger partial charge in [-0.05, 0) is 12.1 Å². The summed E-state index contributed by atoms with van der Waals surface area (Å²) >= 11 is 0. The lowest BCUT2D eigenvalue weighted by Gasteiger charge is -2.16. The number of aliphatic carboxylic acids is 1. The minimum absolute atomic E-state index is 0.301. The number of carboxylic acids is 1. The predicted octanol–water partition coefficient (Wildman–Crippen LogP) is 2.26. The number of nitrogens with one attached hydrogen (secondary N) is 1. The molecule has 1 aromatic rings. The van der Waals surface area contributed by atoms with Crippen LogP contribution in [-0.4, -0.2) is 17.0 Å². The molecule has 2 atom stereocenters. The highest BCUT2D eigenvalue weighted by Gasteiger charge is 2.26. The molecule has 4 nitrogen and oxygen atoms in total. The van der Waals surface area contributed by atoms with Gasteiger partial charge in [-0.1, -0.05) is 13.8 Å². The van der Waals surface area contributed by atoms with Crippen molar-refractivity contribution in [2.45, 2.75) is 13.8 Å². The Morgan fingerprint density at radius 1 is 1.22 bits per heavy atom. The zero-order valence-electron chi connectivity index (χ0n) is 9.91. The third-order valence-electron chi connectivity index (χ3n) is 2.74. The largest absolute Gasteiger partial charge is 0.481 e. The number of hydrogen-bond acceptors (Lipinski definition) is 2. The minimum Gasteiger partial charge on any atom is -0.481 e. The molecule has 0 bridgehead atoms. The molecule has 0 heterocycles. The first-order chi connectivity index (χ1) is 8.32. The lowest BCUT2D eigenvalue weighted by atomic mass is 9.95. The zero-order valence-corrected chi connectivity index (χ0v) is 9.91. The summed E-state index contributed by atoms with van der Waals surface area (Å²) in [6.45, 7) is 2.78. The van der Waals surface area contributed by atoms with Crippen LogP contribution in [0.5, 0.6) is 0 Å². The van der Waals surface area contributed by atoms with Crippen LogP contribution in [-0.2, 0) is 9.59 Å². The van der Waals surface area contributed by atoms with Gasteiger partial charge in [0.25, 0.3) is 0 Å². The number of amides is 1. The van der Waals surface area contributed by atoms with E-state index in [2.05, 4.69) is 5.32 Å². The molecule has 0 aliphatic heterocycles. The Balaban J connectivity index is 2.81. The van der Waals surface area contributed by atoms with E-state index in [4.69, 9.17) is 5.11 Å². The molecule has 2 N–H and O–H groups in total. The van der Waals surface area contributed by atoms with E-state index in [1.165, 1.54) is 13.8 Å². The Morgan fingerprint density at radius 3 is 2.39 bits per heavy atom. The molecule has 1 aromatic carbocycles. The molecule has 0 aromatic heterocycles. The van der Waals surface area contributed by atoms with Gasteiger partial charge >= 0.3 is 5.97 Å². The van der Waals surface area contributed by atoms with E-state index in [0.717, 1.165) is 18.2 Å². The molecule has 1 rings (SSSR count). The summed E-state index contributed by atoms with van der Waals surface area (Å²) in [5, 5.41) is 10.9. The number of rotatable bonds is 4. The first-order valence-electron chi connectivity index (χ1n) is 5.31. The second-order valence-corrected chi connectivity index (χ2v) is 4.03. The summed E-state index contributed by atoms with van der Waals surface area (Å²) in [7, 11) is 0. The highest BCUT2D eigenvalue weighted by Crippen LogP contribution is 2.18. The van der Waals surface area contributed by atoms with Crippen LogP contribution in [0.2, 0.25) is 0 Å². The van der Waals surface area contributed by atoms with Gasteiger partial charge in [-0.25, -0.2) is 8.78 Å². The molecule has 2 unspecified atom stereocenters. The average Bonchev–Trinajstić information content (AvgIpc) is 2.31. The van der Waals surface area contributed by atoms with Crippen LogP contribution in [0.3, 0.4) is 0 Å². The van der Waals surface area contributed by atoms with Gasteiger partial charge in [0.15, 0.2) is 0 Å². The van der Waals surface area contributed by atoms with Crippen LogP contribution >= 0.6 is 0 Å². The van der Waals surface area contributed by atoms with Crippen LogP contribution in [0.1, 0.15) is 13.8 Å². The summed E-state index contributed by atoms with van der Waals surface area (Å²) in [5.41, 5.74) is -0.301. The molecule has 0 saturated carbocycles. The minimum atomic E-state index is -1.13. The first kappa shape index (κ1) is 14.1. The fourth-order valence-electron chi connectivity index (χ4n) is 1.28. The second kappa shape index (κ2) is 5.57. The second-order valence-electron chi connectivity index (χ2n) is 4.03. The van der Waals surface area contributed by atoms with E-state index in [1.807, 2.05) is 0 Å². The van der Waals surface area contributed by atoms with Crippen molar-refractivity contribution in [3.05, 3.63) is 29.8 Å². The van der Waals surface area contributed by atoms with E-state index >= 15 is 0 Å². The molecule has 1 amide bonds. The maximum atomic E-state index is 13.3. The zero-order chi connectivity index (χ0) is 13.9. The Bertz CT molecular complexity index is 476. The lowest BCUT2D eigenvalue weighted by Crippen LogP contribution is -2.30. The van der Waals surface area contributed by atoms with Gasteiger partial charge in [0.1, 0.15) is 11.6 Å². The molecule has 0 fully saturated rings. The maximum absolute atomic E-state index is 13.3. The number of carbonyl (C=O) groups is 2. The van der Waals surface area contributed by atoms with Crippen LogP contribution in [0.25, 0.3) is 0 Å². The van der Waals surface area contributed by atoms with Crippen molar-refractivity contribution in [3.63, 3.8) is 0 Å². The van der Waals surface area contributed by atoms with Gasteiger partial charge in [-0.2, -0.15) is 0 Å². The third-order valence-corrected chi connectivity index (χ3v) is 2.74. The number of hydrogen-bond donors (Lipinski definition) is 2. The van der Waals surface area contributed by atoms with Gasteiger partial charge in [-0.15, -0.1) is 0 Å². The highest BCUT2D eigenvalue weighted by molar-refractivity contribution is 5.94. The van der Waals surface area contributed by atoms with Crippen molar-refractivity contribution in [1.82, 2.24) is 0 Å². The Labute approximate surface area is 103 Å². The number of benzene rings is 1. The predicted molar refractivity (Wildman–Crippen MR) is 61.0 cm³/mol. The smallest absolute Gasteiger partial charge is 0.307 e. The fourth-order valence-corrected chi connectivity index (χ4v) is 1.28. The summed E-state index contributed by atoms with van der Waals surface area (Å²) in [6, 6.07) is 2.65. The standard InChI is InChI=1S/C12H13F2NO3/c1-6(7(2)12(17)18)11(16)15-10-5-8(13)3-4-9(10)14/h3-7H,1-2H3,(H,15,16)(H,17,18). The quantitative estimate of drug-likeness (QED) is 0.869. The molecular weight excluding hydrogens is 244 g/mol. The Hall–Kier alpha value is -1.98. The van der Waals surface area contributed by atoms with E-state index in [0.29, 0.717) is 0 Å². The molecule has 0 saturated heterocycles. The Morgan fingerprint density at radius 2 is 1.83 bits per heavy atom. The van der Waals surface area contributed by atoms with Crippen molar-refractivity contribution in [3.8, 4) is 0 Å². The first-order valence-corrected chi connectivity index (χ1v) is 5.31. The van der Waals surface area contributed by atoms with Gasteiger partial charge in [0.05, 0.1) is 11.6 Å². The van der Waals surface area contributed by atoms with Crippen LogP contribution in [0, 0.1) is 23.5 Å². The van der Waals surface area contributed by atoms with Crippen LogP contribution in [0.4, 0.5) is 14.5 Å². The summed E-state index contributed by atoms with van der Waals surface area (Å²) in [4.78, 5) is 22.4. The fraction of sp³-hybridized carbons (Fsp3) is 0.333. The SMILES string of the molecule is CC(C(=O)O)C(C)C(=O)Nc1cc(F)ccc1F. The van der Waals surface area contributed by atoms with Crippen molar-refractivity contribution in [2.75, 3.05) is 5.32 Å². The number of carboxylic acid groups (broad SMARTS) is 1. The third kappa shape index (κ3) is 3.26. The average molecular weight is 257 g/mol. The van der Waals surface area contributed by atoms with E-state index in [9.17, 15) is 18.4 Å². The number of carbonyl (C=O) groups excluding carboxylic acids is 1. The molecule has 0 aliphatic rings. The molecule has 0 radical (unpaired) electrons. The maximum Gasteiger partial charge on any atom is 0.307 e. The highest BCUT2D eigenvalue weighted by atomic mass is 19.1. The van der Waals surface area contributed by atoms with Gasteiger partial charge in [0, 0.05) is 12.0 Å². The molecule has 6 heteroatoms. The van der Waals surface area contributed by atoms with Crippen molar-refractivity contribution in [1.29, 1.82) is 0 Å². The monoisotopic (exact) mass is 257 g/mol. The van der Waals surface area contributed by atoms with Gasteiger partial charge in [-0.3, -0.25) is 9.59 Å². The number of anilines is 1.